The Bertz CT molecular complexity index is 620. The van der Waals surface area contributed by atoms with E-state index in [9.17, 15) is 4.79 Å². The van der Waals surface area contributed by atoms with E-state index in [1.807, 2.05) is 24.3 Å². The molecular formula is C15H12NO2. The van der Waals surface area contributed by atoms with Crippen molar-refractivity contribution in [1.82, 2.24) is 5.73 Å². The zero-order valence-corrected chi connectivity index (χ0v) is 9.77. The summed E-state index contributed by atoms with van der Waals surface area (Å²) in [5.41, 5.74) is 12.8. The van der Waals surface area contributed by atoms with Crippen LogP contribution in [-0.4, -0.2) is 6.09 Å². The Morgan fingerprint density at radius 3 is 2.72 bits per heavy atom. The van der Waals surface area contributed by atoms with Crippen molar-refractivity contribution in [2.45, 2.75) is 13.0 Å². The largest absolute Gasteiger partial charge is 0.443 e. The fourth-order valence-electron chi connectivity index (χ4n) is 2.41. The monoisotopic (exact) mass is 238 g/mol. The number of hydrogen-bond donors (Lipinski definition) is 0. The van der Waals surface area contributed by atoms with Crippen molar-refractivity contribution in [3.05, 3.63) is 59.2 Å². The van der Waals surface area contributed by atoms with Gasteiger partial charge in [0.15, 0.2) is 0 Å². The van der Waals surface area contributed by atoms with Crippen LogP contribution in [0.2, 0.25) is 0 Å². The maximum Gasteiger partial charge on any atom is 0.426 e. The summed E-state index contributed by atoms with van der Waals surface area (Å²) >= 11 is 0. The molecule has 0 heterocycles. The van der Waals surface area contributed by atoms with Crippen LogP contribution in [0, 0.1) is 0 Å². The van der Waals surface area contributed by atoms with Crippen molar-refractivity contribution in [2.75, 3.05) is 0 Å². The van der Waals surface area contributed by atoms with Crippen molar-refractivity contribution in [3.63, 3.8) is 0 Å². The van der Waals surface area contributed by atoms with Gasteiger partial charge < -0.3 is 4.74 Å². The molecule has 1 amide bonds. The van der Waals surface area contributed by atoms with E-state index in [1.54, 1.807) is 0 Å². The lowest BCUT2D eigenvalue weighted by Crippen LogP contribution is -2.02. The summed E-state index contributed by atoms with van der Waals surface area (Å²) in [5.74, 6) is 0. The average molecular weight is 238 g/mol. The standard InChI is InChI=1S/C15H12NO2/c16-15(17)18-9-10-5-6-12-8-11-3-1-2-4-13(11)14(12)7-10/h1-7,16H,8-9H2. The maximum atomic E-state index is 10.5. The van der Waals surface area contributed by atoms with Crippen LogP contribution in [0.25, 0.3) is 11.1 Å². The fraction of sp³-hybridized carbons (Fsp3) is 0.133. The van der Waals surface area contributed by atoms with Crippen molar-refractivity contribution in [1.29, 1.82) is 0 Å². The van der Waals surface area contributed by atoms with Crippen molar-refractivity contribution in [3.8, 4) is 11.1 Å². The highest BCUT2D eigenvalue weighted by Crippen LogP contribution is 2.36. The second-order valence-electron chi connectivity index (χ2n) is 4.40. The quantitative estimate of drug-likeness (QED) is 0.688. The molecule has 2 aromatic carbocycles. The van der Waals surface area contributed by atoms with E-state index < -0.39 is 6.09 Å². The van der Waals surface area contributed by atoms with Crippen LogP contribution >= 0.6 is 0 Å². The Hall–Kier alpha value is -2.29. The second-order valence-corrected chi connectivity index (χ2v) is 4.40. The van der Waals surface area contributed by atoms with E-state index in [2.05, 4.69) is 18.2 Å². The molecule has 1 aliphatic carbocycles. The van der Waals surface area contributed by atoms with E-state index in [0.29, 0.717) is 0 Å². The molecule has 3 nitrogen and oxygen atoms in total. The van der Waals surface area contributed by atoms with E-state index in [4.69, 9.17) is 10.5 Å². The number of fused-ring (bicyclic) bond motifs is 3. The second kappa shape index (κ2) is 4.18. The molecule has 89 valence electrons. The van der Waals surface area contributed by atoms with Crippen LogP contribution in [0.15, 0.2) is 42.5 Å². The van der Waals surface area contributed by atoms with Gasteiger partial charge in [-0.3, -0.25) is 0 Å². The summed E-state index contributed by atoms with van der Waals surface area (Å²) in [6, 6.07) is 14.4. The molecule has 1 N–H and O–H groups in total. The zero-order chi connectivity index (χ0) is 12.5. The first-order chi connectivity index (χ1) is 8.74. The molecule has 0 aliphatic heterocycles. The maximum absolute atomic E-state index is 10.5. The number of ether oxygens (including phenoxy) is 1. The minimum Gasteiger partial charge on any atom is -0.443 e. The lowest BCUT2D eigenvalue weighted by molar-refractivity contribution is 0.148. The normalized spacial score (nSPS) is 11.8. The minimum atomic E-state index is -0.990. The van der Waals surface area contributed by atoms with Gasteiger partial charge in [0.05, 0.1) is 0 Å². The Balaban J connectivity index is 1.95. The van der Waals surface area contributed by atoms with Crippen LogP contribution in [0.5, 0.6) is 0 Å². The van der Waals surface area contributed by atoms with Crippen LogP contribution in [0.1, 0.15) is 16.7 Å². The van der Waals surface area contributed by atoms with E-state index >= 15 is 0 Å². The van der Waals surface area contributed by atoms with Gasteiger partial charge in [0.25, 0.3) is 0 Å². The zero-order valence-electron chi connectivity index (χ0n) is 9.77. The van der Waals surface area contributed by atoms with Gasteiger partial charge in [-0.2, -0.15) is 0 Å². The molecule has 1 aliphatic rings. The molecule has 0 saturated heterocycles. The number of nitrogens with one attached hydrogen (secondary N) is 1. The smallest absolute Gasteiger partial charge is 0.426 e. The summed E-state index contributed by atoms with van der Waals surface area (Å²) < 4.78 is 4.70. The van der Waals surface area contributed by atoms with Gasteiger partial charge in [0.2, 0.25) is 0 Å². The number of carbonyl (C=O) groups excluding carboxylic acids is 1. The van der Waals surface area contributed by atoms with E-state index in [-0.39, 0.29) is 6.61 Å². The first kappa shape index (κ1) is 10.8. The van der Waals surface area contributed by atoms with Gasteiger partial charge >= 0.3 is 6.09 Å². The van der Waals surface area contributed by atoms with Gasteiger partial charge in [-0.1, -0.05) is 36.4 Å². The molecule has 2 aromatic rings. The molecule has 18 heavy (non-hydrogen) atoms. The molecule has 0 aromatic heterocycles. The molecule has 0 bridgehead atoms. The Morgan fingerprint density at radius 1 is 1.11 bits per heavy atom. The SMILES string of the molecule is [NH]C(=O)OCc1ccc2c(c1)-c1ccccc1C2. The molecule has 0 spiro atoms. The van der Waals surface area contributed by atoms with Gasteiger partial charge in [0, 0.05) is 0 Å². The highest BCUT2D eigenvalue weighted by atomic mass is 16.5. The molecular weight excluding hydrogens is 226 g/mol. The number of benzene rings is 2. The van der Waals surface area contributed by atoms with E-state index in [1.165, 1.54) is 22.3 Å². The van der Waals surface area contributed by atoms with Crippen molar-refractivity contribution >= 4 is 6.09 Å². The molecule has 0 unspecified atom stereocenters. The predicted molar refractivity (Wildman–Crippen MR) is 68.0 cm³/mol. The topological polar surface area (TPSA) is 50.1 Å². The molecule has 1 radical (unpaired) electrons. The molecule has 0 saturated carbocycles. The number of hydrogen-bond acceptors (Lipinski definition) is 2. The average Bonchev–Trinajstić information content (AvgIpc) is 2.74. The minimum absolute atomic E-state index is 0.164. The Kier molecular flexibility index (Phi) is 2.52. The van der Waals surface area contributed by atoms with Gasteiger partial charge in [-0.05, 0) is 40.3 Å². The summed E-state index contributed by atoms with van der Waals surface area (Å²) in [4.78, 5) is 10.5. The van der Waals surface area contributed by atoms with E-state index in [0.717, 1.165) is 12.0 Å². The van der Waals surface area contributed by atoms with Crippen LogP contribution in [-0.2, 0) is 17.8 Å². The third-order valence-corrected chi connectivity index (χ3v) is 3.23. The first-order valence-corrected chi connectivity index (χ1v) is 5.82. The van der Waals surface area contributed by atoms with Gasteiger partial charge in [-0.25, -0.2) is 10.5 Å². The van der Waals surface area contributed by atoms with Gasteiger partial charge in [-0.15, -0.1) is 0 Å². The Morgan fingerprint density at radius 2 is 1.89 bits per heavy atom. The van der Waals surface area contributed by atoms with Crippen LogP contribution < -0.4 is 5.73 Å². The summed E-state index contributed by atoms with van der Waals surface area (Å²) in [7, 11) is 0. The van der Waals surface area contributed by atoms with Crippen LogP contribution in [0.4, 0.5) is 4.79 Å². The summed E-state index contributed by atoms with van der Waals surface area (Å²) in [6.07, 6.45) is -0.0276. The number of rotatable bonds is 2. The van der Waals surface area contributed by atoms with Crippen molar-refractivity contribution < 1.29 is 9.53 Å². The summed E-state index contributed by atoms with van der Waals surface area (Å²) in [6.45, 7) is 0.164. The third-order valence-electron chi connectivity index (χ3n) is 3.23. The molecule has 3 heteroatoms. The van der Waals surface area contributed by atoms with Crippen molar-refractivity contribution in [2.24, 2.45) is 0 Å². The summed E-state index contributed by atoms with van der Waals surface area (Å²) in [5, 5.41) is 0. The lowest BCUT2D eigenvalue weighted by atomic mass is 10.0. The predicted octanol–water partition coefficient (Wildman–Crippen LogP) is 3.18. The molecule has 0 fully saturated rings. The fourth-order valence-corrected chi connectivity index (χ4v) is 2.41. The first-order valence-electron chi connectivity index (χ1n) is 5.82. The highest BCUT2D eigenvalue weighted by molar-refractivity contribution is 5.77. The van der Waals surface area contributed by atoms with Crippen LogP contribution in [0.3, 0.4) is 0 Å². The Labute approximate surface area is 105 Å². The van der Waals surface area contributed by atoms with Gasteiger partial charge in [0.1, 0.15) is 6.61 Å². The lowest BCUT2D eigenvalue weighted by Gasteiger charge is -2.05. The number of amides is 1. The molecule has 0 atom stereocenters. The number of carbonyl (C=O) groups is 1. The molecule has 3 rings (SSSR count). The third kappa shape index (κ3) is 1.84. The highest BCUT2D eigenvalue weighted by Gasteiger charge is 2.17.